The fourth-order valence-electron chi connectivity index (χ4n) is 1.01. The Kier molecular flexibility index (Phi) is 5.85. The summed E-state index contributed by atoms with van der Waals surface area (Å²) in [6.07, 6.45) is 11.6. The van der Waals surface area contributed by atoms with Gasteiger partial charge in [0, 0.05) is 38.6 Å². The van der Waals surface area contributed by atoms with Gasteiger partial charge in [-0.1, -0.05) is 12.2 Å². The third-order valence-corrected chi connectivity index (χ3v) is 1.68. The first-order valence-corrected chi connectivity index (χ1v) is 4.66. The molecule has 0 bridgehead atoms. The maximum atomic E-state index is 3.22. The van der Waals surface area contributed by atoms with E-state index in [4.69, 9.17) is 0 Å². The highest BCUT2D eigenvalue weighted by molar-refractivity contribution is 5.14. The quantitative estimate of drug-likeness (QED) is 0.502. The normalized spacial score (nSPS) is 19.7. The first kappa shape index (κ1) is 10.0. The van der Waals surface area contributed by atoms with E-state index in [1.165, 1.54) is 0 Å². The van der Waals surface area contributed by atoms with Crippen LogP contribution in [0.5, 0.6) is 0 Å². The van der Waals surface area contributed by atoms with Gasteiger partial charge < -0.3 is 16.0 Å². The summed E-state index contributed by atoms with van der Waals surface area (Å²) in [5.41, 5.74) is 0. The lowest BCUT2D eigenvalue weighted by Gasteiger charge is -2.11. The smallest absolute Gasteiger partial charge is 0.00772 e. The Hall–Kier alpha value is -1.06. The van der Waals surface area contributed by atoms with Crippen molar-refractivity contribution >= 4 is 0 Å². The molecule has 3 heteroatoms. The number of hydrogen-bond donors (Lipinski definition) is 3. The Morgan fingerprint density at radius 2 is 1.08 bits per heavy atom. The molecule has 2 heterocycles. The van der Waals surface area contributed by atoms with Crippen molar-refractivity contribution in [1.82, 2.24) is 16.0 Å². The molecule has 1 fully saturated rings. The van der Waals surface area contributed by atoms with Gasteiger partial charge in [0.15, 0.2) is 0 Å². The second-order valence-corrected chi connectivity index (χ2v) is 2.77. The first-order chi connectivity index (χ1) is 6.50. The van der Waals surface area contributed by atoms with Crippen molar-refractivity contribution in [3.63, 3.8) is 0 Å². The van der Waals surface area contributed by atoms with Crippen molar-refractivity contribution in [2.24, 2.45) is 0 Å². The second-order valence-electron chi connectivity index (χ2n) is 2.77. The molecule has 2 aliphatic rings. The lowest BCUT2D eigenvalue weighted by Crippen LogP contribution is -2.39. The Bertz CT molecular complexity index is 165. The predicted molar refractivity (Wildman–Crippen MR) is 56.3 cm³/mol. The molecule has 0 spiro atoms. The minimum absolute atomic E-state index is 1.14. The number of hydrogen-bond acceptors (Lipinski definition) is 3. The van der Waals surface area contributed by atoms with E-state index in [1.54, 1.807) is 0 Å². The number of rotatable bonds is 0. The van der Waals surface area contributed by atoms with Crippen LogP contribution in [0, 0.1) is 0 Å². The molecule has 0 aromatic carbocycles. The van der Waals surface area contributed by atoms with Gasteiger partial charge in [-0.25, -0.2) is 0 Å². The van der Waals surface area contributed by atoms with E-state index in [2.05, 4.69) is 16.0 Å². The van der Waals surface area contributed by atoms with Gasteiger partial charge in [0.1, 0.15) is 0 Å². The summed E-state index contributed by atoms with van der Waals surface area (Å²) in [6, 6.07) is 0. The largest absolute Gasteiger partial charge is 0.368 e. The maximum Gasteiger partial charge on any atom is 0.00772 e. The zero-order chi connectivity index (χ0) is 9.19. The molecule has 13 heavy (non-hydrogen) atoms. The molecule has 0 atom stereocenters. The van der Waals surface area contributed by atoms with Gasteiger partial charge in [0.2, 0.25) is 0 Å². The predicted octanol–water partition coefficient (Wildman–Crippen LogP) is 0.352. The highest BCUT2D eigenvalue weighted by atomic mass is 15.0. The molecular weight excluding hydrogens is 162 g/mol. The summed E-state index contributed by atoms with van der Waals surface area (Å²) in [6.45, 7) is 4.56. The van der Waals surface area contributed by atoms with E-state index in [9.17, 15) is 0 Å². The third kappa shape index (κ3) is 6.13. The summed E-state index contributed by atoms with van der Waals surface area (Å²) in [5.74, 6) is 0. The molecular formula is C10H17N3. The summed E-state index contributed by atoms with van der Waals surface area (Å²) >= 11 is 0. The molecule has 0 unspecified atom stereocenters. The van der Waals surface area contributed by atoms with Crippen LogP contribution < -0.4 is 16.0 Å². The summed E-state index contributed by atoms with van der Waals surface area (Å²) in [7, 11) is 0. The van der Waals surface area contributed by atoms with Crippen LogP contribution in [-0.2, 0) is 0 Å². The molecule has 3 nitrogen and oxygen atoms in total. The SMILES string of the molecule is C1=CC=CNC=C1.C1CNCCN1. The minimum Gasteiger partial charge on any atom is -0.368 e. The van der Waals surface area contributed by atoms with Crippen molar-refractivity contribution < 1.29 is 0 Å². The fraction of sp³-hybridized carbons (Fsp3) is 0.400. The Morgan fingerprint density at radius 3 is 1.46 bits per heavy atom. The fourth-order valence-corrected chi connectivity index (χ4v) is 1.01. The molecule has 0 aromatic heterocycles. The van der Waals surface area contributed by atoms with Crippen LogP contribution in [-0.4, -0.2) is 26.2 Å². The Labute approximate surface area is 79.6 Å². The average Bonchev–Trinajstić information content (AvgIpc) is 2.53. The van der Waals surface area contributed by atoms with Crippen LogP contribution in [0.2, 0.25) is 0 Å². The van der Waals surface area contributed by atoms with Crippen LogP contribution in [0.15, 0.2) is 36.7 Å². The molecule has 3 N–H and O–H groups in total. The molecule has 0 radical (unpaired) electrons. The van der Waals surface area contributed by atoms with Crippen LogP contribution in [0.4, 0.5) is 0 Å². The van der Waals surface area contributed by atoms with Gasteiger partial charge in [0.05, 0.1) is 0 Å². The van der Waals surface area contributed by atoms with Gasteiger partial charge in [-0.2, -0.15) is 0 Å². The van der Waals surface area contributed by atoms with Crippen LogP contribution in [0.25, 0.3) is 0 Å². The number of piperazine rings is 1. The van der Waals surface area contributed by atoms with E-state index in [1.807, 2.05) is 36.7 Å². The molecule has 72 valence electrons. The average molecular weight is 179 g/mol. The summed E-state index contributed by atoms with van der Waals surface area (Å²) < 4.78 is 0. The zero-order valence-corrected chi connectivity index (χ0v) is 7.79. The van der Waals surface area contributed by atoms with Crippen molar-refractivity contribution in [3.8, 4) is 0 Å². The lowest BCUT2D eigenvalue weighted by molar-refractivity contribution is 0.534. The molecule has 0 aromatic rings. The summed E-state index contributed by atoms with van der Waals surface area (Å²) in [4.78, 5) is 0. The van der Waals surface area contributed by atoms with E-state index in [0.29, 0.717) is 0 Å². The Balaban J connectivity index is 0.000000132. The van der Waals surface area contributed by atoms with E-state index >= 15 is 0 Å². The van der Waals surface area contributed by atoms with E-state index in [-0.39, 0.29) is 0 Å². The summed E-state index contributed by atoms with van der Waals surface area (Å²) in [5, 5.41) is 9.37. The van der Waals surface area contributed by atoms with Crippen LogP contribution in [0.3, 0.4) is 0 Å². The highest BCUT2D eigenvalue weighted by Crippen LogP contribution is 1.81. The molecule has 0 saturated carbocycles. The molecule has 2 rings (SSSR count). The van der Waals surface area contributed by atoms with Gasteiger partial charge >= 0.3 is 0 Å². The monoisotopic (exact) mass is 179 g/mol. The van der Waals surface area contributed by atoms with Gasteiger partial charge in [-0.3, -0.25) is 0 Å². The van der Waals surface area contributed by atoms with Crippen molar-refractivity contribution in [1.29, 1.82) is 0 Å². The second kappa shape index (κ2) is 7.58. The van der Waals surface area contributed by atoms with E-state index < -0.39 is 0 Å². The van der Waals surface area contributed by atoms with Gasteiger partial charge in [-0.05, 0) is 12.2 Å². The standard InChI is InChI=1S/C6H7N.C4H10N2/c1-2-4-6-7-5-3-1;1-2-6-4-3-5-1/h1-7H;5-6H,1-4H2. The number of allylic oxidation sites excluding steroid dienone is 4. The van der Waals surface area contributed by atoms with Crippen LogP contribution in [0.1, 0.15) is 0 Å². The van der Waals surface area contributed by atoms with Gasteiger partial charge in [-0.15, -0.1) is 0 Å². The molecule has 1 saturated heterocycles. The molecule has 0 aliphatic carbocycles. The number of nitrogens with one attached hydrogen (secondary N) is 3. The van der Waals surface area contributed by atoms with Gasteiger partial charge in [0.25, 0.3) is 0 Å². The first-order valence-electron chi connectivity index (χ1n) is 4.66. The minimum atomic E-state index is 1.14. The van der Waals surface area contributed by atoms with E-state index in [0.717, 1.165) is 26.2 Å². The van der Waals surface area contributed by atoms with Crippen molar-refractivity contribution in [2.45, 2.75) is 0 Å². The topological polar surface area (TPSA) is 36.1 Å². The molecule has 0 amide bonds. The molecule has 2 aliphatic heterocycles. The Morgan fingerprint density at radius 1 is 0.615 bits per heavy atom. The van der Waals surface area contributed by atoms with Crippen LogP contribution >= 0.6 is 0 Å². The maximum absolute atomic E-state index is 3.22. The zero-order valence-electron chi connectivity index (χ0n) is 7.79. The lowest BCUT2D eigenvalue weighted by atomic mass is 10.4. The third-order valence-electron chi connectivity index (χ3n) is 1.68. The van der Waals surface area contributed by atoms with Crippen molar-refractivity contribution in [2.75, 3.05) is 26.2 Å². The highest BCUT2D eigenvalue weighted by Gasteiger charge is 1.91. The van der Waals surface area contributed by atoms with Crippen molar-refractivity contribution in [3.05, 3.63) is 36.7 Å².